The van der Waals surface area contributed by atoms with Gasteiger partial charge in [-0.2, -0.15) is 13.2 Å². The Kier molecular flexibility index (Phi) is 5.79. The molecule has 0 heterocycles. The van der Waals surface area contributed by atoms with Crippen LogP contribution in [-0.2, 0) is 4.79 Å². The van der Waals surface area contributed by atoms with E-state index in [4.69, 9.17) is 16.3 Å². The lowest BCUT2D eigenvalue weighted by atomic mass is 9.84. The van der Waals surface area contributed by atoms with Gasteiger partial charge >= 0.3 is 6.18 Å². The first-order chi connectivity index (χ1) is 10.8. The quantitative estimate of drug-likeness (QED) is 0.877. The van der Waals surface area contributed by atoms with Crippen LogP contribution < -0.4 is 10.1 Å². The molecule has 0 spiro atoms. The van der Waals surface area contributed by atoms with Crippen molar-refractivity contribution in [1.82, 2.24) is 5.32 Å². The average Bonchev–Trinajstić information content (AvgIpc) is 2.46. The number of hydrogen-bond acceptors (Lipinski definition) is 2. The van der Waals surface area contributed by atoms with Gasteiger partial charge < -0.3 is 10.1 Å². The number of ether oxygens (including phenoxy) is 1. The lowest BCUT2D eigenvalue weighted by molar-refractivity contribution is -0.189. The number of amides is 1. The summed E-state index contributed by atoms with van der Waals surface area (Å²) in [7, 11) is 0. The summed E-state index contributed by atoms with van der Waals surface area (Å²) in [6.45, 7) is 1.50. The van der Waals surface area contributed by atoms with Crippen molar-refractivity contribution < 1.29 is 22.7 Å². The van der Waals surface area contributed by atoms with Crippen molar-refractivity contribution in [3.8, 4) is 5.75 Å². The molecule has 0 saturated heterocycles. The number of benzene rings is 1. The topological polar surface area (TPSA) is 38.3 Å². The summed E-state index contributed by atoms with van der Waals surface area (Å²) >= 11 is 5.83. The third-order valence-corrected chi connectivity index (χ3v) is 4.23. The van der Waals surface area contributed by atoms with Gasteiger partial charge in [0.15, 0.2) is 6.10 Å². The van der Waals surface area contributed by atoms with Crippen LogP contribution in [0, 0.1) is 5.92 Å². The molecule has 2 rings (SSSR count). The SMILES string of the molecule is C[C@H](Oc1cccc(Cl)c1)C(=O)N[C@@H]1CCCC[C@@H]1C(F)(F)F. The number of nitrogens with one attached hydrogen (secondary N) is 1. The molecule has 1 aliphatic carbocycles. The Balaban J connectivity index is 1.96. The second-order valence-electron chi connectivity index (χ2n) is 5.77. The molecule has 23 heavy (non-hydrogen) atoms. The van der Waals surface area contributed by atoms with Gasteiger partial charge in [-0.25, -0.2) is 0 Å². The van der Waals surface area contributed by atoms with Crippen molar-refractivity contribution >= 4 is 17.5 Å². The maximum absolute atomic E-state index is 13.0. The van der Waals surface area contributed by atoms with E-state index < -0.39 is 30.1 Å². The maximum atomic E-state index is 13.0. The molecule has 1 saturated carbocycles. The predicted molar refractivity (Wildman–Crippen MR) is 81.5 cm³/mol. The number of alkyl halides is 3. The van der Waals surface area contributed by atoms with Crippen molar-refractivity contribution in [3.05, 3.63) is 29.3 Å². The van der Waals surface area contributed by atoms with E-state index in [1.807, 2.05) is 0 Å². The summed E-state index contributed by atoms with van der Waals surface area (Å²) in [6.07, 6.45) is -3.59. The van der Waals surface area contributed by atoms with Gasteiger partial charge in [-0.3, -0.25) is 4.79 Å². The monoisotopic (exact) mass is 349 g/mol. The molecule has 0 radical (unpaired) electrons. The van der Waals surface area contributed by atoms with E-state index in [1.165, 1.54) is 6.92 Å². The van der Waals surface area contributed by atoms with Crippen molar-refractivity contribution in [2.45, 2.75) is 50.9 Å². The third-order valence-electron chi connectivity index (χ3n) is 3.99. The molecule has 1 aromatic rings. The Labute approximate surface area is 138 Å². The summed E-state index contributed by atoms with van der Waals surface area (Å²) < 4.78 is 44.6. The summed E-state index contributed by atoms with van der Waals surface area (Å²) in [5.41, 5.74) is 0. The van der Waals surface area contributed by atoms with E-state index in [-0.39, 0.29) is 6.42 Å². The first kappa shape index (κ1) is 17.9. The first-order valence-electron chi connectivity index (χ1n) is 7.56. The fourth-order valence-corrected chi connectivity index (χ4v) is 2.97. The number of rotatable bonds is 4. The van der Waals surface area contributed by atoms with Crippen LogP contribution in [0.2, 0.25) is 5.02 Å². The molecule has 1 N–H and O–H groups in total. The first-order valence-corrected chi connectivity index (χ1v) is 7.94. The summed E-state index contributed by atoms with van der Waals surface area (Å²) in [6, 6.07) is 5.62. The van der Waals surface area contributed by atoms with Gasteiger partial charge in [-0.15, -0.1) is 0 Å². The van der Waals surface area contributed by atoms with Gasteiger partial charge in [-0.05, 0) is 38.0 Å². The van der Waals surface area contributed by atoms with Crippen LogP contribution in [0.5, 0.6) is 5.75 Å². The Bertz CT molecular complexity index is 550. The highest BCUT2D eigenvalue weighted by Gasteiger charge is 2.46. The Morgan fingerprint density at radius 3 is 2.70 bits per heavy atom. The fraction of sp³-hybridized carbons (Fsp3) is 0.562. The zero-order valence-electron chi connectivity index (χ0n) is 12.7. The normalized spacial score (nSPS) is 23.2. The van der Waals surface area contributed by atoms with Crippen molar-refractivity contribution in [2.24, 2.45) is 5.92 Å². The lowest BCUT2D eigenvalue weighted by Gasteiger charge is -2.34. The summed E-state index contributed by atoms with van der Waals surface area (Å²) in [5, 5.41) is 2.95. The minimum Gasteiger partial charge on any atom is -0.481 e. The third kappa shape index (κ3) is 5.03. The number of carbonyl (C=O) groups is 1. The van der Waals surface area contributed by atoms with E-state index in [0.717, 1.165) is 0 Å². The summed E-state index contributed by atoms with van der Waals surface area (Å²) in [5.74, 6) is -1.64. The van der Waals surface area contributed by atoms with Crippen molar-refractivity contribution in [2.75, 3.05) is 0 Å². The molecular weight excluding hydrogens is 331 g/mol. The number of carbonyl (C=O) groups excluding carboxylic acids is 1. The number of hydrogen-bond donors (Lipinski definition) is 1. The second-order valence-corrected chi connectivity index (χ2v) is 6.20. The highest BCUT2D eigenvalue weighted by Crippen LogP contribution is 2.37. The zero-order chi connectivity index (χ0) is 17.0. The van der Waals surface area contributed by atoms with E-state index in [1.54, 1.807) is 24.3 Å². The van der Waals surface area contributed by atoms with E-state index in [2.05, 4.69) is 5.32 Å². The fourth-order valence-electron chi connectivity index (χ4n) is 2.79. The summed E-state index contributed by atoms with van der Waals surface area (Å²) in [4.78, 5) is 12.1. The molecule has 0 aromatic heterocycles. The van der Waals surface area contributed by atoms with E-state index in [0.29, 0.717) is 30.0 Å². The minimum absolute atomic E-state index is 0.0535. The van der Waals surface area contributed by atoms with E-state index >= 15 is 0 Å². The van der Waals surface area contributed by atoms with Gasteiger partial charge in [0.05, 0.1) is 5.92 Å². The van der Waals surface area contributed by atoms with Crippen LogP contribution in [0.15, 0.2) is 24.3 Å². The standard InChI is InChI=1S/C16H19ClF3NO2/c1-10(23-12-6-4-5-11(17)9-12)15(22)21-14-8-3-2-7-13(14)16(18,19)20/h4-6,9-10,13-14H,2-3,7-8H2,1H3,(H,21,22)/t10-,13-,14+/m0/s1. The lowest BCUT2D eigenvalue weighted by Crippen LogP contribution is -2.50. The molecule has 0 unspecified atom stereocenters. The molecule has 0 bridgehead atoms. The second kappa shape index (κ2) is 7.43. The van der Waals surface area contributed by atoms with Gasteiger partial charge in [0.1, 0.15) is 5.75 Å². The molecule has 3 nitrogen and oxygen atoms in total. The van der Waals surface area contributed by atoms with Crippen LogP contribution in [0.1, 0.15) is 32.6 Å². The van der Waals surface area contributed by atoms with Crippen molar-refractivity contribution in [1.29, 1.82) is 0 Å². The largest absolute Gasteiger partial charge is 0.481 e. The highest BCUT2D eigenvalue weighted by atomic mass is 35.5. The molecule has 0 aliphatic heterocycles. The van der Waals surface area contributed by atoms with Gasteiger partial charge in [0.25, 0.3) is 5.91 Å². The predicted octanol–water partition coefficient (Wildman–Crippen LogP) is 4.34. The van der Waals surface area contributed by atoms with Crippen molar-refractivity contribution in [3.63, 3.8) is 0 Å². The van der Waals surface area contributed by atoms with Crippen LogP contribution in [0.4, 0.5) is 13.2 Å². The zero-order valence-corrected chi connectivity index (χ0v) is 13.5. The molecule has 7 heteroatoms. The Morgan fingerprint density at radius 1 is 1.35 bits per heavy atom. The minimum atomic E-state index is -4.30. The molecule has 1 amide bonds. The van der Waals surface area contributed by atoms with Gasteiger partial charge in [0.2, 0.25) is 0 Å². The molecule has 128 valence electrons. The molecule has 1 aromatic carbocycles. The molecule has 1 aliphatic rings. The average molecular weight is 350 g/mol. The van der Waals surface area contributed by atoms with Crippen LogP contribution in [0.25, 0.3) is 0 Å². The Hall–Kier alpha value is -1.43. The van der Waals surface area contributed by atoms with Crippen LogP contribution in [-0.4, -0.2) is 24.2 Å². The smallest absolute Gasteiger partial charge is 0.393 e. The van der Waals surface area contributed by atoms with Crippen LogP contribution >= 0.6 is 11.6 Å². The van der Waals surface area contributed by atoms with Crippen LogP contribution in [0.3, 0.4) is 0 Å². The molecule has 3 atom stereocenters. The van der Waals surface area contributed by atoms with Gasteiger partial charge in [0, 0.05) is 11.1 Å². The van der Waals surface area contributed by atoms with E-state index in [9.17, 15) is 18.0 Å². The highest BCUT2D eigenvalue weighted by molar-refractivity contribution is 6.30. The molecule has 1 fully saturated rings. The number of halogens is 4. The maximum Gasteiger partial charge on any atom is 0.393 e. The Morgan fingerprint density at radius 2 is 2.04 bits per heavy atom. The molecular formula is C16H19ClF3NO2. The van der Waals surface area contributed by atoms with Gasteiger partial charge in [-0.1, -0.05) is 30.5 Å².